The van der Waals surface area contributed by atoms with E-state index in [1.54, 1.807) is 18.3 Å². The fraction of sp³-hybridized carbons (Fsp3) is 0.308. The third kappa shape index (κ3) is 1.76. The Morgan fingerprint density at radius 1 is 1.37 bits per heavy atom. The van der Waals surface area contributed by atoms with Crippen molar-refractivity contribution in [1.29, 1.82) is 0 Å². The number of amides is 1. The van der Waals surface area contributed by atoms with Crippen LogP contribution in [-0.4, -0.2) is 32.7 Å². The molecule has 98 valence electrons. The number of carbonyl (C=O) groups excluding carboxylic acids is 1. The van der Waals surface area contributed by atoms with Crippen LogP contribution < -0.4 is 5.32 Å². The fourth-order valence-electron chi connectivity index (χ4n) is 2.37. The molecule has 3 rings (SSSR count). The largest absolute Gasteiger partial charge is 0.480 e. The minimum absolute atomic E-state index is 0.378. The summed E-state index contributed by atoms with van der Waals surface area (Å²) >= 11 is 0. The van der Waals surface area contributed by atoms with Crippen molar-refractivity contribution in [3.8, 4) is 0 Å². The fourth-order valence-corrected chi connectivity index (χ4v) is 2.37. The van der Waals surface area contributed by atoms with Crippen molar-refractivity contribution >= 4 is 22.8 Å². The van der Waals surface area contributed by atoms with Gasteiger partial charge in [-0.2, -0.15) is 5.10 Å². The average Bonchev–Trinajstić information content (AvgIpc) is 2.80. The van der Waals surface area contributed by atoms with Gasteiger partial charge in [-0.1, -0.05) is 12.1 Å². The molecule has 1 aliphatic rings. The molecule has 0 saturated heterocycles. The lowest BCUT2D eigenvalue weighted by Gasteiger charge is -2.38. The number of aliphatic carboxylic acids is 1. The summed E-state index contributed by atoms with van der Waals surface area (Å²) in [5.41, 5.74) is -0.0541. The molecule has 2 aromatic rings. The van der Waals surface area contributed by atoms with Gasteiger partial charge < -0.3 is 10.4 Å². The molecule has 6 nitrogen and oxygen atoms in total. The molecule has 1 fully saturated rings. The summed E-state index contributed by atoms with van der Waals surface area (Å²) < 4.78 is 0. The Bertz CT molecular complexity index is 658. The molecule has 0 bridgehead atoms. The van der Waals surface area contributed by atoms with Gasteiger partial charge >= 0.3 is 5.97 Å². The number of rotatable bonds is 3. The van der Waals surface area contributed by atoms with Crippen LogP contribution in [0.15, 0.2) is 24.4 Å². The van der Waals surface area contributed by atoms with Crippen LogP contribution in [0.5, 0.6) is 0 Å². The second-order valence-corrected chi connectivity index (χ2v) is 4.83. The van der Waals surface area contributed by atoms with Crippen LogP contribution >= 0.6 is 0 Å². The number of aromatic nitrogens is 2. The zero-order valence-electron chi connectivity index (χ0n) is 10.1. The first-order chi connectivity index (χ1) is 9.12. The second-order valence-electron chi connectivity index (χ2n) is 4.83. The van der Waals surface area contributed by atoms with E-state index < -0.39 is 11.5 Å². The summed E-state index contributed by atoms with van der Waals surface area (Å²) in [6.45, 7) is 0. The standard InChI is InChI=1S/C13H13N3O3/c17-11(15-13(12(18)19)5-2-6-13)9-4-1-3-8-7-14-16-10(8)9/h1,3-4,7H,2,5-6H2,(H,14,16)(H,15,17)(H,18,19). The smallest absolute Gasteiger partial charge is 0.329 e. The monoisotopic (exact) mass is 259 g/mol. The Labute approximate surface area is 108 Å². The van der Waals surface area contributed by atoms with Crippen LogP contribution in [-0.2, 0) is 4.79 Å². The van der Waals surface area contributed by atoms with E-state index in [-0.39, 0.29) is 5.91 Å². The molecular formula is C13H13N3O3. The molecule has 1 amide bonds. The van der Waals surface area contributed by atoms with E-state index in [1.165, 1.54) is 0 Å². The molecule has 19 heavy (non-hydrogen) atoms. The molecule has 0 spiro atoms. The van der Waals surface area contributed by atoms with Gasteiger partial charge in [-0.3, -0.25) is 9.89 Å². The lowest BCUT2D eigenvalue weighted by molar-refractivity contribution is -0.148. The Hall–Kier alpha value is -2.37. The number of H-pyrrole nitrogens is 1. The summed E-state index contributed by atoms with van der Waals surface area (Å²) in [5, 5.41) is 19.3. The third-order valence-electron chi connectivity index (χ3n) is 3.69. The summed E-state index contributed by atoms with van der Waals surface area (Å²) in [6, 6.07) is 5.25. The van der Waals surface area contributed by atoms with Gasteiger partial charge in [0, 0.05) is 5.39 Å². The number of carbonyl (C=O) groups is 2. The van der Waals surface area contributed by atoms with Gasteiger partial charge in [0.1, 0.15) is 5.54 Å². The maximum Gasteiger partial charge on any atom is 0.329 e. The highest BCUT2D eigenvalue weighted by Gasteiger charge is 2.45. The summed E-state index contributed by atoms with van der Waals surface area (Å²) in [4.78, 5) is 23.5. The van der Waals surface area contributed by atoms with E-state index in [1.807, 2.05) is 6.07 Å². The molecule has 0 aliphatic heterocycles. The minimum Gasteiger partial charge on any atom is -0.480 e. The average molecular weight is 259 g/mol. The first-order valence-electron chi connectivity index (χ1n) is 6.10. The quantitative estimate of drug-likeness (QED) is 0.774. The Morgan fingerprint density at radius 3 is 2.79 bits per heavy atom. The number of nitrogens with zero attached hydrogens (tertiary/aromatic N) is 1. The van der Waals surface area contributed by atoms with Crippen molar-refractivity contribution in [2.75, 3.05) is 0 Å². The number of fused-ring (bicyclic) bond motifs is 1. The van der Waals surface area contributed by atoms with Gasteiger partial charge in [0.15, 0.2) is 0 Å². The van der Waals surface area contributed by atoms with Crippen molar-refractivity contribution in [2.24, 2.45) is 0 Å². The van der Waals surface area contributed by atoms with Crippen LogP contribution in [0.3, 0.4) is 0 Å². The maximum absolute atomic E-state index is 12.2. The van der Waals surface area contributed by atoms with Gasteiger partial charge in [-0.25, -0.2) is 4.79 Å². The highest BCUT2D eigenvalue weighted by Crippen LogP contribution is 2.32. The molecule has 0 atom stereocenters. The van der Waals surface area contributed by atoms with E-state index in [0.717, 1.165) is 11.8 Å². The normalized spacial score (nSPS) is 16.8. The highest BCUT2D eigenvalue weighted by atomic mass is 16.4. The summed E-state index contributed by atoms with van der Waals surface area (Å²) in [6.07, 6.45) is 3.41. The van der Waals surface area contributed by atoms with Crippen LogP contribution in [0, 0.1) is 0 Å². The summed E-state index contributed by atoms with van der Waals surface area (Å²) in [5.74, 6) is -1.35. The van der Waals surface area contributed by atoms with E-state index in [4.69, 9.17) is 0 Å². The molecule has 3 N–H and O–H groups in total. The molecule has 1 aliphatic carbocycles. The zero-order valence-corrected chi connectivity index (χ0v) is 10.1. The number of aromatic amines is 1. The van der Waals surface area contributed by atoms with E-state index in [9.17, 15) is 14.7 Å². The number of para-hydroxylation sites is 1. The number of nitrogens with one attached hydrogen (secondary N) is 2. The van der Waals surface area contributed by atoms with Crippen molar-refractivity contribution in [3.63, 3.8) is 0 Å². The first kappa shape index (κ1) is 11.7. The lowest BCUT2D eigenvalue weighted by Crippen LogP contribution is -2.59. The van der Waals surface area contributed by atoms with Gasteiger partial charge in [0.2, 0.25) is 0 Å². The number of hydrogen-bond donors (Lipinski definition) is 3. The summed E-state index contributed by atoms with van der Waals surface area (Å²) in [7, 11) is 0. The van der Waals surface area contributed by atoms with Crippen molar-refractivity contribution in [1.82, 2.24) is 15.5 Å². The third-order valence-corrected chi connectivity index (χ3v) is 3.69. The topological polar surface area (TPSA) is 95.1 Å². The van der Waals surface area contributed by atoms with Crippen molar-refractivity contribution in [2.45, 2.75) is 24.8 Å². The predicted molar refractivity (Wildman–Crippen MR) is 67.8 cm³/mol. The lowest BCUT2D eigenvalue weighted by atomic mass is 9.76. The van der Waals surface area contributed by atoms with Crippen molar-refractivity contribution < 1.29 is 14.7 Å². The van der Waals surface area contributed by atoms with Gasteiger partial charge in [-0.05, 0) is 25.3 Å². The molecule has 1 aromatic carbocycles. The minimum atomic E-state index is -1.10. The van der Waals surface area contributed by atoms with E-state index in [2.05, 4.69) is 15.5 Å². The molecule has 0 unspecified atom stereocenters. The predicted octanol–water partition coefficient (Wildman–Crippen LogP) is 1.30. The second kappa shape index (κ2) is 4.08. The van der Waals surface area contributed by atoms with E-state index >= 15 is 0 Å². The molecule has 6 heteroatoms. The van der Waals surface area contributed by atoms with Crippen LogP contribution in [0.2, 0.25) is 0 Å². The Morgan fingerprint density at radius 2 is 2.16 bits per heavy atom. The molecule has 1 saturated carbocycles. The van der Waals surface area contributed by atoms with E-state index in [0.29, 0.717) is 23.9 Å². The van der Waals surface area contributed by atoms with Gasteiger partial charge in [0.05, 0.1) is 17.3 Å². The SMILES string of the molecule is O=C(NC1(C(=O)O)CCC1)c1cccc2cn[nH]c12. The van der Waals surface area contributed by atoms with Crippen LogP contribution in [0.25, 0.3) is 10.9 Å². The number of carboxylic acids is 1. The number of hydrogen-bond acceptors (Lipinski definition) is 3. The number of benzene rings is 1. The van der Waals surface area contributed by atoms with Gasteiger partial charge in [-0.15, -0.1) is 0 Å². The molecule has 1 aromatic heterocycles. The molecule has 1 heterocycles. The maximum atomic E-state index is 12.2. The van der Waals surface area contributed by atoms with Crippen molar-refractivity contribution in [3.05, 3.63) is 30.0 Å². The zero-order chi connectivity index (χ0) is 13.5. The van der Waals surface area contributed by atoms with Gasteiger partial charge in [0.25, 0.3) is 5.91 Å². The van der Waals surface area contributed by atoms with Crippen LogP contribution in [0.1, 0.15) is 29.6 Å². The Balaban J connectivity index is 1.92. The first-order valence-corrected chi connectivity index (χ1v) is 6.10. The number of carboxylic acid groups (broad SMARTS) is 1. The molecular weight excluding hydrogens is 246 g/mol. The van der Waals surface area contributed by atoms with Crippen LogP contribution in [0.4, 0.5) is 0 Å². The highest BCUT2D eigenvalue weighted by molar-refractivity contribution is 6.07. The Kier molecular flexibility index (Phi) is 2.51. The molecule has 0 radical (unpaired) electrons.